The van der Waals surface area contributed by atoms with Crippen molar-refractivity contribution in [3.8, 4) is 0 Å². The Labute approximate surface area is 138 Å². The lowest BCUT2D eigenvalue weighted by Crippen LogP contribution is -2.59. The average Bonchev–Trinajstić information content (AvgIpc) is 3.00. The van der Waals surface area contributed by atoms with E-state index in [0.717, 1.165) is 64.7 Å². The van der Waals surface area contributed by atoms with Crippen molar-refractivity contribution in [2.24, 2.45) is 0 Å². The molecule has 1 aromatic heterocycles. The van der Waals surface area contributed by atoms with Gasteiger partial charge in [-0.05, 0) is 37.9 Å². The topological polar surface area (TPSA) is 44.7 Å². The highest BCUT2D eigenvalue weighted by Gasteiger charge is 2.31. The van der Waals surface area contributed by atoms with E-state index < -0.39 is 0 Å². The van der Waals surface area contributed by atoms with E-state index in [4.69, 9.17) is 4.74 Å². The summed E-state index contributed by atoms with van der Waals surface area (Å²) < 4.78 is 5.41. The Morgan fingerprint density at radius 3 is 2.87 bits per heavy atom. The number of likely N-dealkylation sites (N-methyl/N-ethyl adjacent to an activating group) is 1. The number of aryl methyl sites for hydroxylation is 2. The van der Waals surface area contributed by atoms with Crippen LogP contribution in [-0.4, -0.2) is 85.6 Å². The Balaban J connectivity index is 1.24. The summed E-state index contributed by atoms with van der Waals surface area (Å²) in [6, 6.07) is 2.91. The highest BCUT2D eigenvalue weighted by Crippen LogP contribution is 2.26. The standard InChI is InChI=1S/C17H27N5O/c1-20(5-6-21-7-9-23-10-8-21)15-12-22(13-15)17-11-14-3-2-4-16(14)18-19-17/h11,15H,2-10,12-13H2,1H3. The molecule has 0 atom stereocenters. The summed E-state index contributed by atoms with van der Waals surface area (Å²) in [5, 5.41) is 8.83. The molecule has 0 aromatic carbocycles. The van der Waals surface area contributed by atoms with Crippen LogP contribution in [0.5, 0.6) is 0 Å². The van der Waals surface area contributed by atoms with Crippen LogP contribution in [0.4, 0.5) is 5.82 Å². The minimum atomic E-state index is 0.645. The fraction of sp³-hybridized carbons (Fsp3) is 0.765. The van der Waals surface area contributed by atoms with E-state index >= 15 is 0 Å². The second kappa shape index (κ2) is 6.71. The molecule has 3 heterocycles. The Bertz CT molecular complexity index is 540. The maximum absolute atomic E-state index is 5.41. The minimum absolute atomic E-state index is 0.645. The quantitative estimate of drug-likeness (QED) is 0.784. The van der Waals surface area contributed by atoms with E-state index in [1.165, 1.54) is 24.1 Å². The summed E-state index contributed by atoms with van der Waals surface area (Å²) in [5.41, 5.74) is 2.63. The number of hydrogen-bond acceptors (Lipinski definition) is 6. The Hall–Kier alpha value is -1.24. The third-order valence-electron chi connectivity index (χ3n) is 5.49. The fourth-order valence-corrected chi connectivity index (χ4v) is 3.70. The van der Waals surface area contributed by atoms with Crippen LogP contribution in [-0.2, 0) is 17.6 Å². The molecule has 0 saturated carbocycles. The lowest BCUT2D eigenvalue weighted by molar-refractivity contribution is 0.0318. The lowest BCUT2D eigenvalue weighted by Gasteiger charge is -2.45. The van der Waals surface area contributed by atoms with Gasteiger partial charge in [-0.3, -0.25) is 9.80 Å². The molecule has 4 rings (SSSR count). The van der Waals surface area contributed by atoms with Crippen molar-refractivity contribution < 1.29 is 4.74 Å². The zero-order valence-corrected chi connectivity index (χ0v) is 14.1. The number of nitrogens with zero attached hydrogens (tertiary/aromatic N) is 5. The maximum atomic E-state index is 5.41. The summed E-state index contributed by atoms with van der Waals surface area (Å²) >= 11 is 0. The Morgan fingerprint density at radius 1 is 1.22 bits per heavy atom. The summed E-state index contributed by atoms with van der Waals surface area (Å²) in [6.07, 6.45) is 3.52. The highest BCUT2D eigenvalue weighted by molar-refractivity contribution is 5.45. The monoisotopic (exact) mass is 317 g/mol. The number of hydrogen-bond donors (Lipinski definition) is 0. The Morgan fingerprint density at radius 2 is 2.04 bits per heavy atom. The number of anilines is 1. The molecule has 126 valence electrons. The molecule has 0 amide bonds. The largest absolute Gasteiger partial charge is 0.379 e. The van der Waals surface area contributed by atoms with E-state index in [0.29, 0.717) is 6.04 Å². The van der Waals surface area contributed by atoms with Gasteiger partial charge in [0.25, 0.3) is 0 Å². The molecule has 0 radical (unpaired) electrons. The summed E-state index contributed by atoms with van der Waals surface area (Å²) in [7, 11) is 2.25. The number of aromatic nitrogens is 2. The molecule has 0 unspecified atom stereocenters. The summed E-state index contributed by atoms with van der Waals surface area (Å²) in [4.78, 5) is 7.36. The smallest absolute Gasteiger partial charge is 0.151 e. The van der Waals surface area contributed by atoms with Crippen LogP contribution in [0.1, 0.15) is 17.7 Å². The van der Waals surface area contributed by atoms with Gasteiger partial charge in [-0.2, -0.15) is 5.10 Å². The van der Waals surface area contributed by atoms with Crippen LogP contribution in [0.3, 0.4) is 0 Å². The first-order chi connectivity index (χ1) is 11.3. The minimum Gasteiger partial charge on any atom is -0.379 e. The van der Waals surface area contributed by atoms with Crippen LogP contribution in [0.2, 0.25) is 0 Å². The molecule has 0 spiro atoms. The van der Waals surface area contributed by atoms with Gasteiger partial charge in [0, 0.05) is 45.3 Å². The molecule has 1 aliphatic carbocycles. The second-order valence-corrected chi connectivity index (χ2v) is 7.02. The molecular formula is C17H27N5O. The first-order valence-electron chi connectivity index (χ1n) is 8.90. The average molecular weight is 317 g/mol. The lowest BCUT2D eigenvalue weighted by atomic mass is 10.1. The number of morpholine rings is 1. The van der Waals surface area contributed by atoms with E-state index in [-0.39, 0.29) is 0 Å². The van der Waals surface area contributed by atoms with Crippen LogP contribution in [0, 0.1) is 0 Å². The predicted molar refractivity (Wildman–Crippen MR) is 89.9 cm³/mol. The summed E-state index contributed by atoms with van der Waals surface area (Å²) in [6.45, 7) is 8.37. The molecule has 6 nitrogen and oxygen atoms in total. The van der Waals surface area contributed by atoms with Crippen LogP contribution in [0.15, 0.2) is 6.07 Å². The molecule has 2 aliphatic heterocycles. The van der Waals surface area contributed by atoms with Crippen molar-refractivity contribution in [2.75, 3.05) is 64.4 Å². The van der Waals surface area contributed by atoms with Gasteiger partial charge < -0.3 is 9.64 Å². The first-order valence-corrected chi connectivity index (χ1v) is 8.90. The summed E-state index contributed by atoms with van der Waals surface area (Å²) in [5.74, 6) is 1.07. The first kappa shape index (κ1) is 15.3. The molecule has 3 aliphatic rings. The third-order valence-corrected chi connectivity index (χ3v) is 5.49. The number of ether oxygens (including phenoxy) is 1. The highest BCUT2D eigenvalue weighted by atomic mass is 16.5. The molecule has 6 heteroatoms. The zero-order chi connectivity index (χ0) is 15.6. The van der Waals surface area contributed by atoms with Gasteiger partial charge in [0.2, 0.25) is 0 Å². The van der Waals surface area contributed by atoms with Crippen molar-refractivity contribution in [3.05, 3.63) is 17.3 Å². The van der Waals surface area contributed by atoms with Gasteiger partial charge >= 0.3 is 0 Å². The van der Waals surface area contributed by atoms with Gasteiger partial charge in [0.15, 0.2) is 5.82 Å². The number of fused-ring (bicyclic) bond motifs is 1. The van der Waals surface area contributed by atoms with Crippen LogP contribution < -0.4 is 4.90 Å². The van der Waals surface area contributed by atoms with E-state index in [1.807, 2.05) is 0 Å². The van der Waals surface area contributed by atoms with Gasteiger partial charge in [-0.1, -0.05) is 0 Å². The van der Waals surface area contributed by atoms with Crippen molar-refractivity contribution in [3.63, 3.8) is 0 Å². The second-order valence-electron chi connectivity index (χ2n) is 7.02. The zero-order valence-electron chi connectivity index (χ0n) is 14.1. The molecule has 1 aromatic rings. The molecular weight excluding hydrogens is 290 g/mol. The maximum Gasteiger partial charge on any atom is 0.151 e. The fourth-order valence-electron chi connectivity index (χ4n) is 3.70. The van der Waals surface area contributed by atoms with E-state index in [9.17, 15) is 0 Å². The Kier molecular flexibility index (Phi) is 4.46. The predicted octanol–water partition coefficient (Wildman–Crippen LogP) is 0.418. The van der Waals surface area contributed by atoms with Gasteiger partial charge in [-0.25, -0.2) is 0 Å². The van der Waals surface area contributed by atoms with Gasteiger partial charge in [0.05, 0.1) is 18.9 Å². The molecule has 0 N–H and O–H groups in total. The SMILES string of the molecule is CN(CCN1CCOCC1)C1CN(c2cc3c(nn2)CCC3)C1. The molecule has 2 fully saturated rings. The normalized spacial score (nSPS) is 22.4. The van der Waals surface area contributed by atoms with Crippen molar-refractivity contribution >= 4 is 5.82 Å². The molecule has 23 heavy (non-hydrogen) atoms. The van der Waals surface area contributed by atoms with Crippen molar-refractivity contribution in [1.29, 1.82) is 0 Å². The van der Waals surface area contributed by atoms with Crippen molar-refractivity contribution in [1.82, 2.24) is 20.0 Å². The number of rotatable bonds is 5. The van der Waals surface area contributed by atoms with Gasteiger partial charge in [-0.15, -0.1) is 5.10 Å². The molecule has 0 bridgehead atoms. The van der Waals surface area contributed by atoms with E-state index in [2.05, 4.69) is 38.0 Å². The van der Waals surface area contributed by atoms with Crippen molar-refractivity contribution in [2.45, 2.75) is 25.3 Å². The van der Waals surface area contributed by atoms with Crippen LogP contribution in [0.25, 0.3) is 0 Å². The van der Waals surface area contributed by atoms with E-state index in [1.54, 1.807) is 0 Å². The molecule has 2 saturated heterocycles. The van der Waals surface area contributed by atoms with Crippen LogP contribution >= 0.6 is 0 Å². The third kappa shape index (κ3) is 3.34. The van der Waals surface area contributed by atoms with Gasteiger partial charge in [0.1, 0.15) is 0 Å².